The van der Waals surface area contributed by atoms with E-state index in [1.54, 1.807) is 4.90 Å². The topological polar surface area (TPSA) is 54.8 Å². The number of hydrogen-bond donors (Lipinski definition) is 0. The van der Waals surface area contributed by atoms with Gasteiger partial charge in [0.2, 0.25) is 11.8 Å². The molecular formula is C30H45N3O3. The molecule has 1 saturated carbocycles. The number of carbonyl (C=O) groups is 2. The fraction of sp³-hybridized carbons (Fsp3) is 0.600. The van der Waals surface area contributed by atoms with E-state index in [0.717, 1.165) is 57.2 Å². The normalized spacial score (nSPS) is 14.1. The van der Waals surface area contributed by atoms with Gasteiger partial charge in [-0.3, -0.25) is 9.59 Å². The number of hydrogen-bond acceptors (Lipinski definition) is 3. The molecule has 3 rings (SSSR count). The van der Waals surface area contributed by atoms with Gasteiger partial charge in [-0.15, -0.1) is 0 Å². The second kappa shape index (κ2) is 15.5. The maximum absolute atomic E-state index is 13.8. The molecule has 2 aromatic rings. The average molecular weight is 496 g/mol. The summed E-state index contributed by atoms with van der Waals surface area (Å²) in [5.41, 5.74) is 2.38. The van der Waals surface area contributed by atoms with Gasteiger partial charge in [-0.05, 0) is 50.3 Å². The van der Waals surface area contributed by atoms with Gasteiger partial charge < -0.3 is 19.1 Å². The quantitative estimate of drug-likeness (QED) is 0.300. The maximum atomic E-state index is 13.8. The fourth-order valence-corrected chi connectivity index (χ4v) is 5.05. The van der Waals surface area contributed by atoms with E-state index in [9.17, 15) is 9.59 Å². The summed E-state index contributed by atoms with van der Waals surface area (Å²) in [6, 6.07) is 14.9. The highest BCUT2D eigenvalue weighted by Crippen LogP contribution is 2.25. The van der Waals surface area contributed by atoms with Gasteiger partial charge in [0.15, 0.2) is 0 Å². The largest absolute Gasteiger partial charge is 0.382 e. The molecule has 0 bridgehead atoms. The van der Waals surface area contributed by atoms with E-state index in [1.807, 2.05) is 13.0 Å². The minimum atomic E-state index is 0.0654. The summed E-state index contributed by atoms with van der Waals surface area (Å²) in [5.74, 6) is 0.147. The highest BCUT2D eigenvalue weighted by molar-refractivity contribution is 5.85. The zero-order valence-corrected chi connectivity index (χ0v) is 22.4. The number of benzene rings is 1. The van der Waals surface area contributed by atoms with Crippen LogP contribution in [0.2, 0.25) is 0 Å². The van der Waals surface area contributed by atoms with E-state index in [2.05, 4.69) is 59.0 Å². The lowest BCUT2D eigenvalue weighted by Crippen LogP contribution is -2.48. The first-order valence-corrected chi connectivity index (χ1v) is 13.9. The van der Waals surface area contributed by atoms with E-state index in [0.29, 0.717) is 32.7 Å². The standard InChI is InChI=1S/C30H45N3O3/c1-3-5-19-29(34)32(21-13-22-36-4-2)25-30(35)33(27-16-10-7-11-17-27)24-28-18-12-20-31(28)23-26-14-8-6-9-15-26/h6,8-9,12,14-15,18,20,27H,3-5,7,10-11,13,16-17,19,21-25H2,1-2H3. The predicted octanol–water partition coefficient (Wildman–Crippen LogP) is 5.64. The summed E-state index contributed by atoms with van der Waals surface area (Å²) in [5, 5.41) is 0. The Kier molecular flexibility index (Phi) is 12.0. The Morgan fingerprint density at radius 2 is 1.75 bits per heavy atom. The second-order valence-corrected chi connectivity index (χ2v) is 9.90. The number of aromatic nitrogens is 1. The minimum absolute atomic E-state index is 0.0654. The van der Waals surface area contributed by atoms with Gasteiger partial charge in [0.05, 0.1) is 13.1 Å². The van der Waals surface area contributed by atoms with Crippen molar-refractivity contribution in [3.05, 3.63) is 59.9 Å². The molecule has 0 atom stereocenters. The molecule has 0 N–H and O–H groups in total. The molecule has 1 aliphatic carbocycles. The second-order valence-electron chi connectivity index (χ2n) is 9.90. The maximum Gasteiger partial charge on any atom is 0.242 e. The first-order valence-electron chi connectivity index (χ1n) is 13.9. The van der Waals surface area contributed by atoms with Crippen LogP contribution in [0.1, 0.15) is 82.9 Å². The van der Waals surface area contributed by atoms with Gasteiger partial charge in [0.1, 0.15) is 0 Å². The van der Waals surface area contributed by atoms with Gasteiger partial charge in [-0.2, -0.15) is 0 Å². The van der Waals surface area contributed by atoms with Gasteiger partial charge in [0, 0.05) is 50.7 Å². The fourth-order valence-electron chi connectivity index (χ4n) is 5.05. The third kappa shape index (κ3) is 8.81. The van der Waals surface area contributed by atoms with Crippen LogP contribution in [0.4, 0.5) is 0 Å². The van der Waals surface area contributed by atoms with E-state index in [-0.39, 0.29) is 24.4 Å². The summed E-state index contributed by atoms with van der Waals surface area (Å²) in [7, 11) is 0. The lowest BCUT2D eigenvalue weighted by atomic mass is 9.94. The average Bonchev–Trinajstić information content (AvgIpc) is 3.34. The van der Waals surface area contributed by atoms with Crippen molar-refractivity contribution in [2.75, 3.05) is 26.3 Å². The Balaban J connectivity index is 1.74. The summed E-state index contributed by atoms with van der Waals surface area (Å²) < 4.78 is 7.73. The van der Waals surface area contributed by atoms with Crippen molar-refractivity contribution in [1.29, 1.82) is 0 Å². The molecule has 6 nitrogen and oxygen atoms in total. The van der Waals surface area contributed by atoms with Crippen LogP contribution >= 0.6 is 0 Å². The zero-order valence-electron chi connectivity index (χ0n) is 22.4. The van der Waals surface area contributed by atoms with Crippen molar-refractivity contribution < 1.29 is 14.3 Å². The number of rotatable bonds is 15. The Hall–Kier alpha value is -2.60. The molecule has 2 amide bonds. The summed E-state index contributed by atoms with van der Waals surface area (Å²) in [4.78, 5) is 30.6. The van der Waals surface area contributed by atoms with E-state index in [1.165, 1.54) is 12.0 Å². The van der Waals surface area contributed by atoms with Gasteiger partial charge in [0.25, 0.3) is 0 Å². The molecule has 198 valence electrons. The molecule has 1 fully saturated rings. The third-order valence-electron chi connectivity index (χ3n) is 7.13. The van der Waals surface area contributed by atoms with Crippen molar-refractivity contribution >= 4 is 11.8 Å². The van der Waals surface area contributed by atoms with Crippen LogP contribution in [-0.4, -0.2) is 58.5 Å². The number of ether oxygens (including phenoxy) is 1. The highest BCUT2D eigenvalue weighted by atomic mass is 16.5. The van der Waals surface area contributed by atoms with Crippen LogP contribution in [0.25, 0.3) is 0 Å². The van der Waals surface area contributed by atoms with Crippen molar-refractivity contribution in [3.63, 3.8) is 0 Å². The Bertz CT molecular complexity index is 905. The van der Waals surface area contributed by atoms with Crippen molar-refractivity contribution in [2.45, 2.75) is 90.8 Å². The Morgan fingerprint density at radius 1 is 0.972 bits per heavy atom. The number of carbonyl (C=O) groups excluding carboxylic acids is 2. The molecule has 0 saturated heterocycles. The van der Waals surface area contributed by atoms with Crippen molar-refractivity contribution in [1.82, 2.24) is 14.4 Å². The van der Waals surface area contributed by atoms with Gasteiger partial charge in [-0.1, -0.05) is 62.9 Å². The first kappa shape index (κ1) is 28.0. The number of nitrogens with zero attached hydrogens (tertiary/aromatic N) is 3. The molecule has 1 aliphatic rings. The molecule has 0 spiro atoms. The Labute approximate surface area is 217 Å². The van der Waals surface area contributed by atoms with Gasteiger partial charge in [-0.25, -0.2) is 0 Å². The van der Waals surface area contributed by atoms with Crippen LogP contribution < -0.4 is 0 Å². The lowest BCUT2D eigenvalue weighted by molar-refractivity contribution is -0.143. The summed E-state index contributed by atoms with van der Waals surface area (Å²) in [6.45, 7) is 7.44. The predicted molar refractivity (Wildman–Crippen MR) is 145 cm³/mol. The molecule has 0 radical (unpaired) electrons. The van der Waals surface area contributed by atoms with Crippen LogP contribution in [-0.2, 0) is 27.4 Å². The van der Waals surface area contributed by atoms with Crippen molar-refractivity contribution in [2.24, 2.45) is 0 Å². The molecule has 36 heavy (non-hydrogen) atoms. The number of amides is 2. The van der Waals surface area contributed by atoms with Gasteiger partial charge >= 0.3 is 0 Å². The molecule has 0 unspecified atom stereocenters. The lowest BCUT2D eigenvalue weighted by Gasteiger charge is -2.36. The summed E-state index contributed by atoms with van der Waals surface area (Å²) >= 11 is 0. The smallest absolute Gasteiger partial charge is 0.242 e. The van der Waals surface area contributed by atoms with Crippen LogP contribution in [0.5, 0.6) is 0 Å². The Morgan fingerprint density at radius 3 is 2.47 bits per heavy atom. The molecule has 1 heterocycles. The van der Waals surface area contributed by atoms with Crippen LogP contribution in [0, 0.1) is 0 Å². The monoisotopic (exact) mass is 495 g/mol. The zero-order chi connectivity index (χ0) is 25.6. The summed E-state index contributed by atoms with van der Waals surface area (Å²) in [6.07, 6.45) is 10.8. The van der Waals surface area contributed by atoms with Crippen LogP contribution in [0.3, 0.4) is 0 Å². The minimum Gasteiger partial charge on any atom is -0.382 e. The van der Waals surface area contributed by atoms with Crippen LogP contribution in [0.15, 0.2) is 48.7 Å². The third-order valence-corrected chi connectivity index (χ3v) is 7.13. The van der Waals surface area contributed by atoms with Crippen molar-refractivity contribution in [3.8, 4) is 0 Å². The SMILES string of the molecule is CCCCC(=O)N(CCCOCC)CC(=O)N(Cc1cccn1Cc1ccccc1)C1CCCCC1. The molecular weight excluding hydrogens is 450 g/mol. The van der Waals surface area contributed by atoms with E-state index in [4.69, 9.17) is 4.74 Å². The number of unbranched alkanes of at least 4 members (excludes halogenated alkanes) is 1. The first-order chi connectivity index (χ1) is 17.6. The molecule has 1 aromatic carbocycles. The molecule has 1 aromatic heterocycles. The van der Waals surface area contributed by atoms with E-state index >= 15 is 0 Å². The molecule has 0 aliphatic heterocycles. The molecule has 6 heteroatoms. The highest BCUT2D eigenvalue weighted by Gasteiger charge is 2.28. The van der Waals surface area contributed by atoms with E-state index < -0.39 is 0 Å².